The smallest absolute Gasteiger partial charge is 0.251 e. The van der Waals surface area contributed by atoms with Crippen LogP contribution in [0.5, 0.6) is 0 Å². The molecule has 8 nitrogen and oxygen atoms in total. The first-order valence-corrected chi connectivity index (χ1v) is 12.2. The van der Waals surface area contributed by atoms with E-state index in [0.29, 0.717) is 35.1 Å². The molecule has 170 valence electrons. The number of likely N-dealkylation sites (tertiary alicyclic amines) is 1. The van der Waals surface area contributed by atoms with Crippen molar-refractivity contribution in [2.75, 3.05) is 35.5 Å². The molecule has 3 N–H and O–H groups in total. The van der Waals surface area contributed by atoms with Crippen LogP contribution in [0.2, 0.25) is 5.02 Å². The summed E-state index contributed by atoms with van der Waals surface area (Å²) in [6, 6.07) is 13.2. The van der Waals surface area contributed by atoms with E-state index < -0.39 is 10.0 Å². The fourth-order valence-corrected chi connectivity index (χ4v) is 3.99. The summed E-state index contributed by atoms with van der Waals surface area (Å²) in [4.78, 5) is 28.8. The Labute approximate surface area is 192 Å². The Hall–Kier alpha value is -2.88. The van der Waals surface area contributed by atoms with Gasteiger partial charge in [-0.2, -0.15) is 0 Å². The minimum absolute atomic E-state index is 0.0429. The average Bonchev–Trinajstić information content (AvgIpc) is 3.17. The Bertz CT molecular complexity index is 1100. The first-order chi connectivity index (χ1) is 15.1. The number of nitrogens with two attached hydrogens (primary N) is 1. The predicted octanol–water partition coefficient (Wildman–Crippen LogP) is 2.32. The zero-order valence-corrected chi connectivity index (χ0v) is 19.1. The number of nitrogens with one attached hydrogen (secondary N) is 1. The van der Waals surface area contributed by atoms with Gasteiger partial charge in [0.05, 0.1) is 6.26 Å². The summed E-state index contributed by atoms with van der Waals surface area (Å²) in [5.74, 6) is -0.548. The quantitative estimate of drug-likeness (QED) is 0.595. The van der Waals surface area contributed by atoms with Crippen molar-refractivity contribution < 1.29 is 18.0 Å². The lowest BCUT2D eigenvalue weighted by Crippen LogP contribution is -2.42. The number of anilines is 2. The maximum atomic E-state index is 13.0. The van der Waals surface area contributed by atoms with Gasteiger partial charge in [-0.1, -0.05) is 23.7 Å². The van der Waals surface area contributed by atoms with E-state index in [1.807, 2.05) is 0 Å². The van der Waals surface area contributed by atoms with Crippen molar-refractivity contribution in [2.24, 2.45) is 5.73 Å². The van der Waals surface area contributed by atoms with Gasteiger partial charge in [-0.15, -0.1) is 0 Å². The van der Waals surface area contributed by atoms with Crippen LogP contribution in [-0.4, -0.2) is 57.1 Å². The molecule has 0 saturated carbocycles. The van der Waals surface area contributed by atoms with E-state index in [2.05, 4.69) is 4.72 Å². The highest BCUT2D eigenvalue weighted by Crippen LogP contribution is 2.20. The van der Waals surface area contributed by atoms with Gasteiger partial charge >= 0.3 is 0 Å². The van der Waals surface area contributed by atoms with Gasteiger partial charge in [0, 0.05) is 41.6 Å². The summed E-state index contributed by atoms with van der Waals surface area (Å²) < 4.78 is 25.0. The number of hydrogen-bond donors (Lipinski definition) is 2. The highest BCUT2D eigenvalue weighted by molar-refractivity contribution is 7.92. The molecule has 1 aliphatic heterocycles. The van der Waals surface area contributed by atoms with Crippen molar-refractivity contribution in [3.05, 3.63) is 65.2 Å². The van der Waals surface area contributed by atoms with E-state index in [1.54, 1.807) is 59.5 Å². The molecule has 1 fully saturated rings. The molecule has 1 heterocycles. The molecule has 3 rings (SSSR count). The van der Waals surface area contributed by atoms with Crippen molar-refractivity contribution in [2.45, 2.75) is 12.5 Å². The minimum Gasteiger partial charge on any atom is -0.340 e. The van der Waals surface area contributed by atoms with Gasteiger partial charge in [-0.25, -0.2) is 8.42 Å². The molecular weight excluding hydrogens is 452 g/mol. The van der Waals surface area contributed by atoms with Crippen molar-refractivity contribution >= 4 is 50.9 Å². The molecule has 0 radical (unpaired) electrons. The Kier molecular flexibility index (Phi) is 7.55. The lowest BCUT2D eigenvalue weighted by atomic mass is 10.2. The lowest BCUT2D eigenvalue weighted by Gasteiger charge is -2.24. The normalized spacial score (nSPS) is 16.3. The Morgan fingerprint density at radius 2 is 1.84 bits per heavy atom. The van der Waals surface area contributed by atoms with Crippen LogP contribution in [0.25, 0.3) is 6.08 Å². The molecule has 1 atom stereocenters. The summed E-state index contributed by atoms with van der Waals surface area (Å²) in [5.41, 5.74) is 7.57. The van der Waals surface area contributed by atoms with Crippen LogP contribution in [-0.2, 0) is 19.6 Å². The fraction of sp³-hybridized carbons (Fsp3) is 0.273. The van der Waals surface area contributed by atoms with Crippen LogP contribution < -0.4 is 15.4 Å². The van der Waals surface area contributed by atoms with Crippen molar-refractivity contribution in [1.29, 1.82) is 0 Å². The highest BCUT2D eigenvalue weighted by Gasteiger charge is 2.26. The molecule has 1 aliphatic rings. The zero-order chi connectivity index (χ0) is 23.3. The molecule has 2 aromatic carbocycles. The third-order valence-electron chi connectivity index (χ3n) is 4.91. The van der Waals surface area contributed by atoms with Gasteiger partial charge in [0.25, 0.3) is 5.91 Å². The molecule has 1 unspecified atom stereocenters. The van der Waals surface area contributed by atoms with E-state index >= 15 is 0 Å². The van der Waals surface area contributed by atoms with E-state index in [9.17, 15) is 18.0 Å². The van der Waals surface area contributed by atoms with Gasteiger partial charge in [-0.3, -0.25) is 19.2 Å². The Balaban J connectivity index is 1.75. The number of sulfonamides is 1. The summed E-state index contributed by atoms with van der Waals surface area (Å²) in [5, 5.41) is 0.524. The van der Waals surface area contributed by atoms with Gasteiger partial charge in [0.1, 0.15) is 6.54 Å². The van der Waals surface area contributed by atoms with Crippen molar-refractivity contribution in [3.8, 4) is 0 Å². The average molecular weight is 477 g/mol. The van der Waals surface area contributed by atoms with Crippen molar-refractivity contribution in [3.63, 3.8) is 0 Å². The second-order valence-corrected chi connectivity index (χ2v) is 9.80. The molecule has 0 spiro atoms. The van der Waals surface area contributed by atoms with Crippen LogP contribution in [0.1, 0.15) is 12.0 Å². The van der Waals surface area contributed by atoms with Gasteiger partial charge < -0.3 is 10.6 Å². The van der Waals surface area contributed by atoms with Crippen LogP contribution in [0.4, 0.5) is 11.4 Å². The SMILES string of the molecule is CS(=O)(=O)Nc1ccc(C=CC(=O)N(CC(=O)N2CCC(N)C2)c2ccc(Cl)cc2)cc1. The molecule has 1 saturated heterocycles. The van der Waals surface area contributed by atoms with Crippen LogP contribution in [0.15, 0.2) is 54.6 Å². The van der Waals surface area contributed by atoms with Crippen LogP contribution in [0.3, 0.4) is 0 Å². The van der Waals surface area contributed by atoms with E-state index in [1.165, 1.54) is 11.0 Å². The topological polar surface area (TPSA) is 113 Å². The molecular formula is C22H25ClN4O4S. The van der Waals surface area contributed by atoms with Gasteiger partial charge in [0.2, 0.25) is 15.9 Å². The largest absolute Gasteiger partial charge is 0.340 e. The number of halogens is 1. The van der Waals surface area contributed by atoms with Gasteiger partial charge in [0.15, 0.2) is 0 Å². The van der Waals surface area contributed by atoms with Crippen LogP contribution in [0, 0.1) is 0 Å². The maximum absolute atomic E-state index is 13.0. The molecule has 2 aromatic rings. The number of amides is 2. The number of carbonyl (C=O) groups is 2. The summed E-state index contributed by atoms with van der Waals surface area (Å²) in [7, 11) is -3.36. The fourth-order valence-electron chi connectivity index (χ4n) is 3.30. The van der Waals surface area contributed by atoms with E-state index in [-0.39, 0.29) is 24.4 Å². The number of benzene rings is 2. The third-order valence-corrected chi connectivity index (χ3v) is 5.77. The highest BCUT2D eigenvalue weighted by atomic mass is 35.5. The second kappa shape index (κ2) is 10.2. The Morgan fingerprint density at radius 1 is 1.19 bits per heavy atom. The second-order valence-electron chi connectivity index (χ2n) is 7.62. The first kappa shape index (κ1) is 23.8. The Morgan fingerprint density at radius 3 is 2.41 bits per heavy atom. The summed E-state index contributed by atoms with van der Waals surface area (Å²) >= 11 is 5.97. The number of carbonyl (C=O) groups excluding carboxylic acids is 2. The van der Waals surface area contributed by atoms with Crippen molar-refractivity contribution in [1.82, 2.24) is 4.90 Å². The third kappa shape index (κ3) is 6.81. The van der Waals surface area contributed by atoms with E-state index in [0.717, 1.165) is 12.7 Å². The zero-order valence-electron chi connectivity index (χ0n) is 17.6. The van der Waals surface area contributed by atoms with Gasteiger partial charge in [-0.05, 0) is 54.5 Å². The van der Waals surface area contributed by atoms with Crippen LogP contribution >= 0.6 is 11.6 Å². The molecule has 10 heteroatoms. The predicted molar refractivity (Wildman–Crippen MR) is 127 cm³/mol. The minimum atomic E-state index is -3.36. The van der Waals surface area contributed by atoms with E-state index in [4.69, 9.17) is 17.3 Å². The number of rotatable bonds is 7. The number of nitrogens with zero attached hydrogens (tertiary/aromatic N) is 2. The monoisotopic (exact) mass is 476 g/mol. The lowest BCUT2D eigenvalue weighted by molar-refractivity contribution is -0.130. The molecule has 2 amide bonds. The summed E-state index contributed by atoms with van der Waals surface area (Å²) in [6.45, 7) is 0.937. The molecule has 32 heavy (non-hydrogen) atoms. The maximum Gasteiger partial charge on any atom is 0.251 e. The standard InChI is InChI=1S/C22H25ClN4O4S/c1-32(30,31)25-19-7-2-16(3-8-19)4-11-21(28)27(20-9-5-17(23)6-10-20)15-22(29)26-13-12-18(24)14-26/h2-11,18,25H,12-15,24H2,1H3. The molecule has 0 aromatic heterocycles. The molecule has 0 aliphatic carbocycles. The summed E-state index contributed by atoms with van der Waals surface area (Å²) in [6.07, 6.45) is 4.79. The number of hydrogen-bond acceptors (Lipinski definition) is 5. The molecule has 0 bridgehead atoms. The first-order valence-electron chi connectivity index (χ1n) is 9.97.